The predicted molar refractivity (Wildman–Crippen MR) is 151 cm³/mol. The number of hydrogen-bond donors (Lipinski definition) is 0. The Morgan fingerprint density at radius 3 is 0.738 bits per heavy atom. The maximum absolute atomic E-state index is 9.19. The SMILES string of the molecule is N#Cc1ccc(Oc2ccc(Oc3ccc(Oc4ccc(Oc5ccc(C#N)c(C#N)c5)cc4)cc3)cc2)cc1C#N. The average molecular weight is 547 g/mol. The van der Waals surface area contributed by atoms with Gasteiger partial charge in [-0.3, -0.25) is 0 Å². The van der Waals surface area contributed by atoms with E-state index in [9.17, 15) is 10.5 Å². The van der Waals surface area contributed by atoms with Gasteiger partial charge in [-0.1, -0.05) is 0 Å². The minimum Gasteiger partial charge on any atom is -0.457 e. The molecule has 0 aromatic heterocycles. The summed E-state index contributed by atoms with van der Waals surface area (Å²) in [7, 11) is 0. The summed E-state index contributed by atoms with van der Waals surface area (Å²) in [4.78, 5) is 0. The summed E-state index contributed by atoms with van der Waals surface area (Å²) in [5.41, 5.74) is 1.10. The van der Waals surface area contributed by atoms with Gasteiger partial charge in [-0.15, -0.1) is 0 Å². The van der Waals surface area contributed by atoms with Crippen molar-refractivity contribution >= 4 is 0 Å². The van der Waals surface area contributed by atoms with Crippen molar-refractivity contribution in [1.29, 1.82) is 21.0 Å². The second-order valence-electron chi connectivity index (χ2n) is 8.68. The van der Waals surface area contributed by atoms with Gasteiger partial charge < -0.3 is 18.9 Å². The van der Waals surface area contributed by atoms with Crippen LogP contribution in [0.4, 0.5) is 0 Å². The highest BCUT2D eigenvalue weighted by Gasteiger charge is 2.07. The Hall–Kier alpha value is -6.74. The van der Waals surface area contributed by atoms with Crippen molar-refractivity contribution in [3.63, 3.8) is 0 Å². The molecule has 0 spiro atoms. The van der Waals surface area contributed by atoms with Crippen molar-refractivity contribution in [1.82, 2.24) is 0 Å². The first kappa shape index (κ1) is 26.9. The zero-order valence-corrected chi connectivity index (χ0v) is 21.8. The smallest absolute Gasteiger partial charge is 0.128 e. The Kier molecular flexibility index (Phi) is 7.93. The van der Waals surface area contributed by atoms with E-state index in [1.807, 2.05) is 24.3 Å². The van der Waals surface area contributed by atoms with E-state index in [4.69, 9.17) is 29.5 Å². The number of rotatable bonds is 8. The Balaban J connectivity index is 1.16. The predicted octanol–water partition coefficient (Wildman–Crippen LogP) is 8.34. The molecule has 0 N–H and O–H groups in total. The van der Waals surface area contributed by atoms with Gasteiger partial charge in [0.25, 0.3) is 0 Å². The second kappa shape index (κ2) is 12.4. The molecule has 198 valence electrons. The summed E-state index contributed by atoms with van der Waals surface area (Å²) >= 11 is 0. The Labute approximate surface area is 241 Å². The summed E-state index contributed by atoms with van der Waals surface area (Å²) in [6, 6.07) is 38.5. The molecule has 0 aliphatic rings. The first-order chi connectivity index (χ1) is 20.6. The van der Waals surface area contributed by atoms with E-state index in [0.29, 0.717) is 57.1 Å². The van der Waals surface area contributed by atoms with Crippen molar-refractivity contribution in [2.75, 3.05) is 0 Å². The van der Waals surface area contributed by atoms with Crippen LogP contribution in [0.3, 0.4) is 0 Å². The second-order valence-corrected chi connectivity index (χ2v) is 8.68. The highest BCUT2D eigenvalue weighted by molar-refractivity contribution is 5.51. The van der Waals surface area contributed by atoms with Gasteiger partial charge >= 0.3 is 0 Å². The van der Waals surface area contributed by atoms with Crippen LogP contribution in [0.25, 0.3) is 0 Å². The minimum absolute atomic E-state index is 0.254. The maximum atomic E-state index is 9.19. The lowest BCUT2D eigenvalue weighted by molar-refractivity contribution is 0.461. The Morgan fingerprint density at radius 2 is 0.500 bits per heavy atom. The molecule has 5 aromatic carbocycles. The molecule has 0 aliphatic carbocycles. The van der Waals surface area contributed by atoms with Crippen LogP contribution in [0.15, 0.2) is 109 Å². The van der Waals surface area contributed by atoms with Crippen molar-refractivity contribution in [3.8, 4) is 70.3 Å². The van der Waals surface area contributed by atoms with Gasteiger partial charge in [0.15, 0.2) is 0 Å². The summed E-state index contributed by atoms with van der Waals surface area (Å²) in [5.74, 6) is 4.46. The van der Waals surface area contributed by atoms with Crippen LogP contribution in [-0.2, 0) is 0 Å². The van der Waals surface area contributed by atoms with Gasteiger partial charge in [-0.25, -0.2) is 0 Å². The zero-order valence-electron chi connectivity index (χ0n) is 21.8. The first-order valence-corrected chi connectivity index (χ1v) is 12.5. The van der Waals surface area contributed by atoms with Crippen LogP contribution in [0.5, 0.6) is 46.0 Å². The zero-order chi connectivity index (χ0) is 29.3. The largest absolute Gasteiger partial charge is 0.457 e. The third-order valence-electron chi connectivity index (χ3n) is 5.88. The molecule has 0 heterocycles. The molecule has 5 aromatic rings. The molecule has 5 rings (SSSR count). The first-order valence-electron chi connectivity index (χ1n) is 12.5. The Bertz CT molecular complexity index is 1770. The van der Waals surface area contributed by atoms with Crippen LogP contribution in [0, 0.1) is 45.3 Å². The molecule has 8 heteroatoms. The highest BCUT2D eigenvalue weighted by atomic mass is 16.5. The third-order valence-corrected chi connectivity index (χ3v) is 5.88. The lowest BCUT2D eigenvalue weighted by Crippen LogP contribution is -1.90. The molecule has 0 atom stereocenters. The molecule has 0 saturated carbocycles. The lowest BCUT2D eigenvalue weighted by atomic mass is 10.1. The third kappa shape index (κ3) is 6.45. The van der Waals surface area contributed by atoms with E-state index in [1.54, 1.807) is 97.1 Å². The fourth-order valence-corrected chi connectivity index (χ4v) is 3.83. The van der Waals surface area contributed by atoms with Gasteiger partial charge in [0.05, 0.1) is 22.3 Å². The number of nitriles is 4. The van der Waals surface area contributed by atoms with Gasteiger partial charge in [0, 0.05) is 0 Å². The number of ether oxygens (including phenoxy) is 4. The molecule has 0 unspecified atom stereocenters. The maximum Gasteiger partial charge on any atom is 0.128 e. The molecule has 0 saturated heterocycles. The van der Waals surface area contributed by atoms with Crippen LogP contribution in [0.1, 0.15) is 22.3 Å². The molecular formula is C34H18N4O4. The Morgan fingerprint density at radius 1 is 0.286 bits per heavy atom. The van der Waals surface area contributed by atoms with E-state index in [2.05, 4.69) is 0 Å². The quantitative estimate of drug-likeness (QED) is 0.190. The number of hydrogen-bond acceptors (Lipinski definition) is 8. The van der Waals surface area contributed by atoms with E-state index < -0.39 is 0 Å². The fourth-order valence-electron chi connectivity index (χ4n) is 3.83. The van der Waals surface area contributed by atoms with E-state index in [0.717, 1.165) is 0 Å². The van der Waals surface area contributed by atoms with E-state index in [1.165, 1.54) is 12.1 Å². The van der Waals surface area contributed by atoms with Crippen molar-refractivity contribution in [3.05, 3.63) is 131 Å². The summed E-state index contributed by atoms with van der Waals surface area (Å²) < 4.78 is 23.4. The average Bonchev–Trinajstić information content (AvgIpc) is 3.03. The van der Waals surface area contributed by atoms with Crippen molar-refractivity contribution < 1.29 is 18.9 Å². The van der Waals surface area contributed by atoms with Gasteiger partial charge in [-0.05, 0) is 109 Å². The van der Waals surface area contributed by atoms with Crippen LogP contribution >= 0.6 is 0 Å². The van der Waals surface area contributed by atoms with Gasteiger partial charge in [0.1, 0.15) is 70.3 Å². The summed E-state index contributed by atoms with van der Waals surface area (Å²) in [5, 5.41) is 36.5. The molecule has 0 bridgehead atoms. The molecule has 0 aliphatic heterocycles. The summed E-state index contributed by atoms with van der Waals surface area (Å²) in [6.45, 7) is 0. The molecular weight excluding hydrogens is 528 g/mol. The molecule has 8 nitrogen and oxygen atoms in total. The van der Waals surface area contributed by atoms with Gasteiger partial charge in [0.2, 0.25) is 0 Å². The molecule has 0 amide bonds. The molecule has 42 heavy (non-hydrogen) atoms. The highest BCUT2D eigenvalue weighted by Crippen LogP contribution is 2.31. The fraction of sp³-hybridized carbons (Fsp3) is 0. The van der Waals surface area contributed by atoms with Crippen LogP contribution in [0.2, 0.25) is 0 Å². The topological polar surface area (TPSA) is 132 Å². The summed E-state index contributed by atoms with van der Waals surface area (Å²) in [6.07, 6.45) is 0. The number of nitrogens with zero attached hydrogens (tertiary/aromatic N) is 4. The van der Waals surface area contributed by atoms with Crippen LogP contribution in [-0.4, -0.2) is 0 Å². The van der Waals surface area contributed by atoms with E-state index in [-0.39, 0.29) is 11.1 Å². The van der Waals surface area contributed by atoms with Gasteiger partial charge in [-0.2, -0.15) is 21.0 Å². The van der Waals surface area contributed by atoms with Crippen molar-refractivity contribution in [2.24, 2.45) is 0 Å². The monoisotopic (exact) mass is 546 g/mol. The van der Waals surface area contributed by atoms with Crippen molar-refractivity contribution in [2.45, 2.75) is 0 Å². The molecule has 0 radical (unpaired) electrons. The van der Waals surface area contributed by atoms with Crippen LogP contribution < -0.4 is 18.9 Å². The molecule has 0 fully saturated rings. The van der Waals surface area contributed by atoms with E-state index >= 15 is 0 Å². The lowest BCUT2D eigenvalue weighted by Gasteiger charge is -2.10. The normalized spacial score (nSPS) is 9.81. The minimum atomic E-state index is 0.254. The standard InChI is InChI=1S/C34H18N4O4/c35-19-23-1-3-33(17-25(23)21-37)41-31-13-9-29(10-14-31)39-27-5-7-28(8-6-27)40-30-11-15-32(16-12-30)42-34-4-2-24(20-36)26(18-34)22-38/h1-18H. The number of benzene rings is 5.